The molecule has 0 aliphatic heterocycles. The van der Waals surface area contributed by atoms with Crippen LogP contribution in [0.1, 0.15) is 4.88 Å². The summed E-state index contributed by atoms with van der Waals surface area (Å²) in [5, 5.41) is 11.6. The summed E-state index contributed by atoms with van der Waals surface area (Å²) in [5.41, 5.74) is 1.52. The third kappa shape index (κ3) is 3.28. The van der Waals surface area contributed by atoms with Crippen molar-refractivity contribution in [3.05, 3.63) is 39.1 Å². The van der Waals surface area contributed by atoms with Crippen molar-refractivity contribution >= 4 is 56.2 Å². The van der Waals surface area contributed by atoms with Crippen molar-refractivity contribution in [2.75, 3.05) is 5.75 Å². The molecule has 3 aromatic rings. The van der Waals surface area contributed by atoms with Gasteiger partial charge < -0.3 is 5.11 Å². The summed E-state index contributed by atoms with van der Waals surface area (Å²) < 4.78 is 2.81. The fourth-order valence-electron chi connectivity index (χ4n) is 1.90. The molecule has 8 heteroatoms. The molecule has 0 spiro atoms. The minimum atomic E-state index is -0.858. The van der Waals surface area contributed by atoms with Gasteiger partial charge in [0.05, 0.1) is 12.3 Å². The summed E-state index contributed by atoms with van der Waals surface area (Å²) in [6.07, 6.45) is 1.72. The van der Waals surface area contributed by atoms with E-state index in [4.69, 9.17) is 5.11 Å². The van der Waals surface area contributed by atoms with E-state index in [-0.39, 0.29) is 5.75 Å². The molecule has 0 unspecified atom stereocenters. The fraction of sp³-hybridized carbons (Fsp3) is 0.154. The summed E-state index contributed by atoms with van der Waals surface area (Å²) >= 11 is 6.24. The first-order valence-electron chi connectivity index (χ1n) is 6.02. The number of thioether (sulfide) groups is 1. The quantitative estimate of drug-likeness (QED) is 0.683. The summed E-state index contributed by atoms with van der Waals surface area (Å²) in [5.74, 6) is -0.876. The number of hydrogen-bond donors (Lipinski definition) is 1. The number of thiophene rings is 1. The van der Waals surface area contributed by atoms with E-state index in [2.05, 4.69) is 25.9 Å². The van der Waals surface area contributed by atoms with Crippen LogP contribution in [-0.2, 0) is 11.3 Å². The highest BCUT2D eigenvalue weighted by Gasteiger charge is 2.14. The van der Waals surface area contributed by atoms with Gasteiger partial charge in [-0.2, -0.15) is 0 Å². The van der Waals surface area contributed by atoms with Crippen LogP contribution in [0, 0.1) is 0 Å². The molecule has 0 fully saturated rings. The van der Waals surface area contributed by atoms with Gasteiger partial charge >= 0.3 is 5.97 Å². The van der Waals surface area contributed by atoms with E-state index >= 15 is 0 Å². The molecular weight excluding hydrogens is 374 g/mol. The number of carbonyl (C=O) groups is 1. The Morgan fingerprint density at radius 3 is 3.10 bits per heavy atom. The minimum Gasteiger partial charge on any atom is -0.481 e. The molecule has 0 aliphatic carbocycles. The molecule has 3 heterocycles. The van der Waals surface area contributed by atoms with E-state index in [1.165, 1.54) is 16.6 Å². The third-order valence-electron chi connectivity index (χ3n) is 2.74. The third-order valence-corrected chi connectivity index (χ3v) is 4.99. The molecule has 0 aromatic carbocycles. The highest BCUT2D eigenvalue weighted by Crippen LogP contribution is 2.26. The Labute approximate surface area is 137 Å². The van der Waals surface area contributed by atoms with Gasteiger partial charge in [0, 0.05) is 15.5 Å². The van der Waals surface area contributed by atoms with Crippen molar-refractivity contribution in [3.63, 3.8) is 0 Å². The fourth-order valence-corrected chi connectivity index (χ4v) is 3.64. The zero-order chi connectivity index (χ0) is 14.8. The molecule has 0 amide bonds. The summed E-state index contributed by atoms with van der Waals surface area (Å²) in [6.45, 7) is 0.644. The van der Waals surface area contributed by atoms with Gasteiger partial charge in [0.25, 0.3) is 0 Å². The van der Waals surface area contributed by atoms with Crippen LogP contribution in [0.5, 0.6) is 0 Å². The van der Waals surface area contributed by atoms with Crippen molar-refractivity contribution in [1.29, 1.82) is 0 Å². The van der Waals surface area contributed by atoms with Crippen LogP contribution in [-0.4, -0.2) is 31.4 Å². The maximum Gasteiger partial charge on any atom is 0.313 e. The SMILES string of the molecule is O=C(O)CSc1nc2cc(Br)cnc2n1Cc1cccs1. The zero-order valence-electron chi connectivity index (χ0n) is 10.7. The maximum absolute atomic E-state index is 10.8. The second-order valence-corrected chi connectivity index (χ2v) is 7.13. The molecule has 0 saturated carbocycles. The molecule has 21 heavy (non-hydrogen) atoms. The van der Waals surface area contributed by atoms with Crippen molar-refractivity contribution in [2.24, 2.45) is 0 Å². The molecule has 108 valence electrons. The van der Waals surface area contributed by atoms with Crippen molar-refractivity contribution < 1.29 is 9.90 Å². The number of pyridine rings is 1. The van der Waals surface area contributed by atoms with Gasteiger partial charge in [0.1, 0.15) is 5.52 Å². The number of halogens is 1. The van der Waals surface area contributed by atoms with Crippen molar-refractivity contribution in [2.45, 2.75) is 11.7 Å². The number of carboxylic acids is 1. The monoisotopic (exact) mass is 383 g/mol. The topological polar surface area (TPSA) is 68.0 Å². The lowest BCUT2D eigenvalue weighted by Crippen LogP contribution is -2.04. The van der Waals surface area contributed by atoms with E-state index in [1.807, 2.05) is 28.1 Å². The van der Waals surface area contributed by atoms with Gasteiger partial charge in [0.15, 0.2) is 10.8 Å². The van der Waals surface area contributed by atoms with Crippen LogP contribution in [0.2, 0.25) is 0 Å². The second-order valence-electron chi connectivity index (χ2n) is 4.24. The van der Waals surface area contributed by atoms with Crippen molar-refractivity contribution in [1.82, 2.24) is 14.5 Å². The van der Waals surface area contributed by atoms with Crippen LogP contribution in [0.3, 0.4) is 0 Å². The van der Waals surface area contributed by atoms with Crippen LogP contribution in [0.4, 0.5) is 0 Å². The van der Waals surface area contributed by atoms with Gasteiger partial charge in [-0.3, -0.25) is 9.36 Å². The van der Waals surface area contributed by atoms with Crippen LogP contribution < -0.4 is 0 Å². The lowest BCUT2D eigenvalue weighted by Gasteiger charge is -2.05. The Kier molecular flexibility index (Phi) is 4.27. The zero-order valence-corrected chi connectivity index (χ0v) is 13.9. The highest BCUT2D eigenvalue weighted by molar-refractivity contribution is 9.10. The Morgan fingerprint density at radius 2 is 2.38 bits per heavy atom. The summed E-state index contributed by atoms with van der Waals surface area (Å²) in [7, 11) is 0. The lowest BCUT2D eigenvalue weighted by molar-refractivity contribution is -0.133. The number of nitrogens with zero attached hydrogens (tertiary/aromatic N) is 3. The molecule has 0 bridgehead atoms. The van der Waals surface area contributed by atoms with Gasteiger partial charge in [0.2, 0.25) is 0 Å². The molecule has 0 saturated heterocycles. The van der Waals surface area contributed by atoms with E-state index in [1.54, 1.807) is 17.5 Å². The summed E-state index contributed by atoms with van der Waals surface area (Å²) in [4.78, 5) is 20.9. The number of rotatable bonds is 5. The predicted molar refractivity (Wildman–Crippen MR) is 87.0 cm³/mol. The number of carboxylic acid groups (broad SMARTS) is 1. The average molecular weight is 384 g/mol. The molecule has 3 aromatic heterocycles. The van der Waals surface area contributed by atoms with Gasteiger partial charge in [-0.25, -0.2) is 9.97 Å². The smallest absolute Gasteiger partial charge is 0.313 e. The van der Waals surface area contributed by atoms with Crippen molar-refractivity contribution in [3.8, 4) is 0 Å². The number of fused-ring (bicyclic) bond motifs is 1. The summed E-state index contributed by atoms with van der Waals surface area (Å²) in [6, 6.07) is 5.92. The van der Waals surface area contributed by atoms with Crippen LogP contribution in [0.25, 0.3) is 11.2 Å². The standard InChI is InChI=1S/C13H10BrN3O2S2/c14-8-4-10-12(15-5-8)17(6-9-2-1-3-20-9)13(16-10)21-7-11(18)19/h1-5H,6-7H2,(H,18,19). The Morgan fingerprint density at radius 1 is 1.52 bits per heavy atom. The number of imidazole rings is 1. The minimum absolute atomic E-state index is 0.0189. The molecule has 0 radical (unpaired) electrons. The van der Waals surface area contributed by atoms with Gasteiger partial charge in [-0.05, 0) is 33.4 Å². The largest absolute Gasteiger partial charge is 0.481 e. The Balaban J connectivity index is 2.03. The molecule has 3 rings (SSSR count). The van der Waals surface area contributed by atoms with E-state index < -0.39 is 5.97 Å². The highest BCUT2D eigenvalue weighted by atomic mass is 79.9. The van der Waals surface area contributed by atoms with Gasteiger partial charge in [-0.1, -0.05) is 17.8 Å². The Bertz CT molecular complexity index is 786. The average Bonchev–Trinajstić information content (AvgIpc) is 3.05. The first kappa shape index (κ1) is 14.6. The first-order valence-corrected chi connectivity index (χ1v) is 8.68. The molecule has 5 nitrogen and oxygen atoms in total. The van der Waals surface area contributed by atoms with E-state index in [0.29, 0.717) is 11.7 Å². The second kappa shape index (κ2) is 6.17. The first-order chi connectivity index (χ1) is 10.1. The molecule has 0 atom stereocenters. The van der Waals surface area contributed by atoms with Crippen LogP contribution >= 0.6 is 39.0 Å². The Hall–Kier alpha value is -1.38. The molecular formula is C13H10BrN3O2S2. The molecule has 0 aliphatic rings. The normalized spacial score (nSPS) is 11.1. The van der Waals surface area contributed by atoms with E-state index in [0.717, 1.165) is 15.6 Å². The maximum atomic E-state index is 10.8. The lowest BCUT2D eigenvalue weighted by atomic mass is 10.4. The van der Waals surface area contributed by atoms with Gasteiger partial charge in [-0.15, -0.1) is 11.3 Å². The predicted octanol–water partition coefficient (Wildman–Crippen LogP) is 3.48. The number of hydrogen-bond acceptors (Lipinski definition) is 5. The van der Waals surface area contributed by atoms with Crippen LogP contribution in [0.15, 0.2) is 39.4 Å². The van der Waals surface area contributed by atoms with E-state index in [9.17, 15) is 4.79 Å². The number of aliphatic carboxylic acids is 1. The number of aromatic nitrogens is 3. The molecule has 1 N–H and O–H groups in total.